The van der Waals surface area contributed by atoms with Crippen LogP contribution in [0, 0.1) is 6.92 Å². The molecule has 1 aliphatic rings. The molecule has 168 valence electrons. The van der Waals surface area contributed by atoms with E-state index in [4.69, 9.17) is 9.47 Å². The number of halogens is 1. The topological polar surface area (TPSA) is 55.8 Å². The lowest BCUT2D eigenvalue weighted by molar-refractivity contribution is -0.123. The molecule has 1 saturated heterocycles. The van der Waals surface area contributed by atoms with Crippen molar-refractivity contribution in [3.63, 3.8) is 0 Å². The Kier molecular flexibility index (Phi) is 7.52. The van der Waals surface area contributed by atoms with E-state index in [1.165, 1.54) is 10.5 Å². The van der Waals surface area contributed by atoms with Crippen LogP contribution >= 0.6 is 27.7 Å². The first-order chi connectivity index (χ1) is 16.0. The van der Waals surface area contributed by atoms with Gasteiger partial charge in [0.1, 0.15) is 24.7 Å². The highest BCUT2D eigenvalue weighted by Crippen LogP contribution is 2.34. The summed E-state index contributed by atoms with van der Waals surface area (Å²) in [5, 5.41) is -0.275. The Bertz CT molecular complexity index is 1190. The molecule has 5 nitrogen and oxygen atoms in total. The number of carbonyl (C=O) groups is 2. The van der Waals surface area contributed by atoms with Crippen molar-refractivity contribution >= 4 is 44.9 Å². The molecule has 1 fully saturated rings. The molecular weight excluding hydrogens is 502 g/mol. The average molecular weight is 524 g/mol. The zero-order valence-corrected chi connectivity index (χ0v) is 20.4. The number of benzene rings is 3. The number of hydrogen-bond donors (Lipinski definition) is 0. The zero-order valence-electron chi connectivity index (χ0n) is 18.0. The molecule has 0 radical (unpaired) electrons. The number of carbonyl (C=O) groups excluding carboxylic acids is 2. The summed E-state index contributed by atoms with van der Waals surface area (Å²) in [7, 11) is 0. The lowest BCUT2D eigenvalue weighted by atomic mass is 10.2. The van der Waals surface area contributed by atoms with Crippen LogP contribution in [0.5, 0.6) is 11.5 Å². The summed E-state index contributed by atoms with van der Waals surface area (Å²) in [5.41, 5.74) is 2.85. The van der Waals surface area contributed by atoms with Gasteiger partial charge in [-0.05, 0) is 66.2 Å². The van der Waals surface area contributed by atoms with E-state index in [2.05, 4.69) is 15.9 Å². The highest BCUT2D eigenvalue weighted by atomic mass is 79.9. The lowest BCUT2D eigenvalue weighted by Gasteiger charge is -2.13. The van der Waals surface area contributed by atoms with Crippen molar-refractivity contribution in [2.75, 3.05) is 13.2 Å². The summed E-state index contributed by atoms with van der Waals surface area (Å²) in [6.45, 7) is 3.07. The van der Waals surface area contributed by atoms with Gasteiger partial charge in [0.15, 0.2) is 0 Å². The normalized spacial score (nSPS) is 14.7. The second kappa shape index (κ2) is 10.7. The second-order valence-electron chi connectivity index (χ2n) is 7.44. The van der Waals surface area contributed by atoms with Gasteiger partial charge in [0.25, 0.3) is 11.1 Å². The molecule has 7 heteroatoms. The number of nitrogens with zero attached hydrogens (tertiary/aromatic N) is 1. The standard InChI is InChI=1S/C26H22BrNO4S/c1-18-9-11-21(12-10-18)31-13-14-32-22-7-4-5-19(15-22)16-24-25(29)28(26(30)33-24)17-20-6-2-3-8-23(20)27/h2-12,15-16H,13-14,17H2,1H3/b24-16-. The number of imide groups is 1. The minimum Gasteiger partial charge on any atom is -0.490 e. The number of amides is 2. The van der Waals surface area contributed by atoms with Crippen LogP contribution in [-0.4, -0.2) is 29.3 Å². The lowest BCUT2D eigenvalue weighted by Crippen LogP contribution is -2.27. The Morgan fingerprint density at radius 3 is 2.39 bits per heavy atom. The average Bonchev–Trinajstić information content (AvgIpc) is 3.07. The van der Waals surface area contributed by atoms with Gasteiger partial charge in [-0.3, -0.25) is 14.5 Å². The van der Waals surface area contributed by atoms with Crippen LogP contribution in [0.15, 0.2) is 82.2 Å². The molecule has 0 bridgehead atoms. The predicted molar refractivity (Wildman–Crippen MR) is 134 cm³/mol. The predicted octanol–water partition coefficient (Wildman–Crippen LogP) is 6.45. The molecule has 33 heavy (non-hydrogen) atoms. The van der Waals surface area contributed by atoms with E-state index in [0.717, 1.165) is 33.1 Å². The Balaban J connectivity index is 1.36. The number of aryl methyl sites for hydroxylation is 1. The smallest absolute Gasteiger partial charge is 0.293 e. The van der Waals surface area contributed by atoms with Crippen molar-refractivity contribution in [2.45, 2.75) is 13.5 Å². The van der Waals surface area contributed by atoms with Crippen molar-refractivity contribution < 1.29 is 19.1 Å². The number of rotatable bonds is 8. The Morgan fingerprint density at radius 1 is 0.909 bits per heavy atom. The molecule has 4 rings (SSSR count). The van der Waals surface area contributed by atoms with Crippen molar-refractivity contribution in [1.82, 2.24) is 4.90 Å². The van der Waals surface area contributed by atoms with Crippen molar-refractivity contribution in [3.8, 4) is 11.5 Å². The van der Waals surface area contributed by atoms with Crippen LogP contribution in [-0.2, 0) is 11.3 Å². The molecule has 3 aromatic rings. The van der Waals surface area contributed by atoms with Crippen molar-refractivity contribution in [2.24, 2.45) is 0 Å². The summed E-state index contributed by atoms with van der Waals surface area (Å²) < 4.78 is 12.3. The fourth-order valence-electron chi connectivity index (χ4n) is 3.23. The SMILES string of the molecule is Cc1ccc(OCCOc2cccc(/C=C3\SC(=O)N(Cc4ccccc4Br)C3=O)c2)cc1. The monoisotopic (exact) mass is 523 g/mol. The number of ether oxygens (including phenoxy) is 2. The van der Waals surface area contributed by atoms with E-state index >= 15 is 0 Å². The maximum atomic E-state index is 12.8. The first kappa shape index (κ1) is 23.1. The molecule has 0 unspecified atom stereocenters. The minimum atomic E-state index is -0.293. The van der Waals surface area contributed by atoms with Gasteiger partial charge in [0.2, 0.25) is 0 Å². The largest absolute Gasteiger partial charge is 0.490 e. The quantitative estimate of drug-likeness (QED) is 0.250. The molecule has 1 aliphatic heterocycles. The van der Waals surface area contributed by atoms with Gasteiger partial charge in [-0.15, -0.1) is 0 Å². The van der Waals surface area contributed by atoms with E-state index in [1.54, 1.807) is 6.08 Å². The van der Waals surface area contributed by atoms with Crippen molar-refractivity contribution in [1.29, 1.82) is 0 Å². The fraction of sp³-hybridized carbons (Fsp3) is 0.154. The maximum absolute atomic E-state index is 12.8. The maximum Gasteiger partial charge on any atom is 0.293 e. The first-order valence-electron chi connectivity index (χ1n) is 10.4. The Hall–Kier alpha value is -3.03. The van der Waals surface area contributed by atoms with E-state index in [9.17, 15) is 9.59 Å². The fourth-order valence-corrected chi connectivity index (χ4v) is 4.48. The summed E-state index contributed by atoms with van der Waals surface area (Å²) in [5.74, 6) is 1.18. The third-order valence-electron chi connectivity index (χ3n) is 4.96. The van der Waals surface area contributed by atoms with E-state index in [0.29, 0.717) is 23.9 Å². The summed E-state index contributed by atoms with van der Waals surface area (Å²) >= 11 is 4.42. The van der Waals surface area contributed by atoms with Crippen LogP contribution in [0.1, 0.15) is 16.7 Å². The van der Waals surface area contributed by atoms with Crippen LogP contribution < -0.4 is 9.47 Å². The third kappa shape index (κ3) is 6.06. The molecule has 1 heterocycles. The van der Waals surface area contributed by atoms with Gasteiger partial charge in [0, 0.05) is 4.47 Å². The highest BCUT2D eigenvalue weighted by Gasteiger charge is 2.35. The summed E-state index contributed by atoms with van der Waals surface area (Å²) in [6, 6.07) is 22.8. The minimum absolute atomic E-state index is 0.230. The second-order valence-corrected chi connectivity index (χ2v) is 9.29. The van der Waals surface area contributed by atoms with Gasteiger partial charge >= 0.3 is 0 Å². The summed E-state index contributed by atoms with van der Waals surface area (Å²) in [6.07, 6.45) is 1.72. The molecular formula is C26H22BrNO4S. The van der Waals surface area contributed by atoms with Gasteiger partial charge in [-0.25, -0.2) is 0 Å². The van der Waals surface area contributed by atoms with Gasteiger partial charge in [0.05, 0.1) is 11.4 Å². The summed E-state index contributed by atoms with van der Waals surface area (Å²) in [4.78, 5) is 27.0. The molecule has 2 amide bonds. The zero-order chi connectivity index (χ0) is 23.2. The van der Waals surface area contributed by atoms with Crippen LogP contribution in [0.25, 0.3) is 6.08 Å². The molecule has 0 atom stereocenters. The van der Waals surface area contributed by atoms with Crippen LogP contribution in [0.3, 0.4) is 0 Å². The van der Waals surface area contributed by atoms with Gasteiger partial charge < -0.3 is 9.47 Å². The third-order valence-corrected chi connectivity index (χ3v) is 6.64. The number of hydrogen-bond acceptors (Lipinski definition) is 5. The molecule has 0 saturated carbocycles. The van der Waals surface area contributed by atoms with Crippen molar-refractivity contribution in [3.05, 3.63) is 98.9 Å². The molecule has 0 aliphatic carbocycles. The van der Waals surface area contributed by atoms with E-state index < -0.39 is 0 Å². The first-order valence-corrected chi connectivity index (χ1v) is 12.0. The van der Waals surface area contributed by atoms with Gasteiger partial charge in [-0.2, -0.15) is 0 Å². The molecule has 3 aromatic carbocycles. The molecule has 0 spiro atoms. The molecule has 0 aromatic heterocycles. The van der Waals surface area contributed by atoms with Crippen LogP contribution in [0.4, 0.5) is 4.79 Å². The molecule has 0 N–H and O–H groups in total. The van der Waals surface area contributed by atoms with Crippen LogP contribution in [0.2, 0.25) is 0 Å². The van der Waals surface area contributed by atoms with E-state index in [1.807, 2.05) is 79.7 Å². The Labute approximate surface area is 205 Å². The van der Waals surface area contributed by atoms with E-state index in [-0.39, 0.29) is 17.7 Å². The number of thioether (sulfide) groups is 1. The van der Waals surface area contributed by atoms with Gasteiger partial charge in [-0.1, -0.05) is 64.0 Å². The highest BCUT2D eigenvalue weighted by molar-refractivity contribution is 9.10. The Morgan fingerprint density at radius 2 is 1.64 bits per heavy atom.